The molecule has 1 aromatic heterocycles. The van der Waals surface area contributed by atoms with Crippen LogP contribution in [0.15, 0.2) is 29.3 Å². The van der Waals surface area contributed by atoms with Crippen LogP contribution in [0.3, 0.4) is 0 Å². The predicted molar refractivity (Wildman–Crippen MR) is 107 cm³/mol. The van der Waals surface area contributed by atoms with E-state index in [2.05, 4.69) is 9.97 Å². The van der Waals surface area contributed by atoms with Crippen molar-refractivity contribution in [1.82, 2.24) is 14.9 Å². The summed E-state index contributed by atoms with van der Waals surface area (Å²) in [5, 5.41) is 0.796. The summed E-state index contributed by atoms with van der Waals surface area (Å²) in [7, 11) is 0. The lowest BCUT2D eigenvalue weighted by Crippen LogP contribution is -2.43. The zero-order valence-electron chi connectivity index (χ0n) is 17.0. The van der Waals surface area contributed by atoms with Crippen LogP contribution >= 0.6 is 11.8 Å². The van der Waals surface area contributed by atoms with Crippen LogP contribution in [0.5, 0.6) is 0 Å². The van der Waals surface area contributed by atoms with Crippen LogP contribution in [0.1, 0.15) is 62.9 Å². The maximum absolute atomic E-state index is 12.9. The van der Waals surface area contributed by atoms with E-state index in [1.165, 1.54) is 23.9 Å². The van der Waals surface area contributed by atoms with Gasteiger partial charge in [0, 0.05) is 28.9 Å². The normalized spacial score (nSPS) is 12.7. The maximum atomic E-state index is 12.9. The third-order valence-corrected chi connectivity index (χ3v) is 5.12. The highest BCUT2D eigenvalue weighted by Crippen LogP contribution is 2.30. The molecule has 0 saturated heterocycles. The number of carbonyl (C=O) groups is 1. The van der Waals surface area contributed by atoms with E-state index in [0.717, 1.165) is 10.7 Å². The number of H-pyrrole nitrogens is 1. The fourth-order valence-electron chi connectivity index (χ4n) is 3.07. The van der Waals surface area contributed by atoms with Gasteiger partial charge in [-0.25, -0.2) is 18.6 Å². The van der Waals surface area contributed by atoms with Gasteiger partial charge in [-0.1, -0.05) is 24.3 Å². The number of hydrogen-bond donors (Lipinski definition) is 1. The monoisotopic (exact) mass is 411 g/mol. The number of carbonyl (C=O) groups excluding carboxylic acids is 1. The second-order valence-electron chi connectivity index (χ2n) is 7.08. The lowest BCUT2D eigenvalue weighted by atomic mass is 10.1. The van der Waals surface area contributed by atoms with Gasteiger partial charge in [-0.15, -0.1) is 11.8 Å². The molecule has 1 aromatic carbocycles. The van der Waals surface area contributed by atoms with Crippen LogP contribution < -0.4 is 0 Å². The number of halogens is 2. The Morgan fingerprint density at radius 2 is 1.64 bits per heavy atom. The molecule has 8 heteroatoms. The second kappa shape index (κ2) is 9.41. The molecule has 0 saturated carbocycles. The number of benzene rings is 1. The highest BCUT2D eigenvalue weighted by atomic mass is 32.2. The van der Waals surface area contributed by atoms with Crippen LogP contribution in [0.4, 0.5) is 13.6 Å². The first-order chi connectivity index (χ1) is 13.1. The molecule has 5 nitrogen and oxygen atoms in total. The first kappa shape index (κ1) is 22.2. The van der Waals surface area contributed by atoms with Crippen molar-refractivity contribution in [3.05, 3.63) is 46.9 Å². The largest absolute Gasteiger partial charge is 0.433 e. The van der Waals surface area contributed by atoms with Crippen LogP contribution in [-0.2, 0) is 4.74 Å². The van der Waals surface area contributed by atoms with E-state index in [0.29, 0.717) is 11.4 Å². The highest BCUT2D eigenvalue weighted by Gasteiger charge is 2.29. The summed E-state index contributed by atoms with van der Waals surface area (Å²) in [5.74, 6) is 0.465. The molecule has 0 bridgehead atoms. The second-order valence-corrected chi connectivity index (χ2v) is 7.88. The van der Waals surface area contributed by atoms with Crippen molar-refractivity contribution in [3.8, 4) is 0 Å². The number of amides is 1. The smallest absolute Gasteiger partial charge is 0.411 e. The van der Waals surface area contributed by atoms with Gasteiger partial charge in [-0.3, -0.25) is 0 Å². The van der Waals surface area contributed by atoms with Crippen molar-refractivity contribution in [2.75, 3.05) is 6.26 Å². The average Bonchev–Trinajstić information content (AvgIpc) is 2.99. The minimum Gasteiger partial charge on any atom is -0.433 e. The van der Waals surface area contributed by atoms with Gasteiger partial charge in [0.15, 0.2) is 11.9 Å². The fourth-order valence-corrected chi connectivity index (χ4v) is 3.61. The standard InChI is InChI=1S/C20H27F2N3O2S/c1-11(2)25(12(3)4)20(26)27-16(18-23-13(5)19(24-18)28-6)14-7-9-15(10-8-14)17(21)22/h7-12,16-17H,1-6H3,(H,23,24). The molecular weight excluding hydrogens is 384 g/mol. The Bertz CT molecular complexity index is 783. The van der Waals surface area contributed by atoms with E-state index in [9.17, 15) is 13.6 Å². The summed E-state index contributed by atoms with van der Waals surface area (Å²) in [4.78, 5) is 22.2. The van der Waals surface area contributed by atoms with E-state index in [4.69, 9.17) is 4.74 Å². The van der Waals surface area contributed by atoms with Crippen molar-refractivity contribution in [1.29, 1.82) is 0 Å². The number of ether oxygens (including phenoxy) is 1. The molecule has 0 spiro atoms. The Hall–Kier alpha value is -2.09. The minimum absolute atomic E-state index is 0.0468. The Balaban J connectivity index is 2.42. The predicted octanol–water partition coefficient (Wildman–Crippen LogP) is 5.72. The number of nitrogens with zero attached hydrogens (tertiary/aromatic N) is 2. The first-order valence-corrected chi connectivity index (χ1v) is 10.4. The van der Waals surface area contributed by atoms with E-state index in [-0.39, 0.29) is 17.6 Å². The number of hydrogen-bond acceptors (Lipinski definition) is 4. The van der Waals surface area contributed by atoms with Crippen molar-refractivity contribution < 1.29 is 18.3 Å². The summed E-state index contributed by atoms with van der Waals surface area (Å²) >= 11 is 1.48. The van der Waals surface area contributed by atoms with Crippen LogP contribution in [0.2, 0.25) is 0 Å². The molecule has 1 heterocycles. The van der Waals surface area contributed by atoms with Crippen molar-refractivity contribution in [2.24, 2.45) is 0 Å². The molecule has 0 aliphatic heterocycles. The van der Waals surface area contributed by atoms with Crippen LogP contribution in [0.25, 0.3) is 0 Å². The Morgan fingerprint density at radius 3 is 2.07 bits per heavy atom. The molecule has 0 aliphatic carbocycles. The van der Waals surface area contributed by atoms with E-state index < -0.39 is 18.6 Å². The summed E-state index contributed by atoms with van der Waals surface area (Å²) in [6.45, 7) is 9.54. The van der Waals surface area contributed by atoms with Crippen LogP contribution in [0, 0.1) is 6.92 Å². The zero-order valence-corrected chi connectivity index (χ0v) is 17.8. The molecule has 2 aromatic rings. The number of aromatic amines is 1. The molecule has 0 aliphatic rings. The Labute approximate surface area is 168 Å². The Kier molecular flexibility index (Phi) is 7.46. The van der Waals surface area contributed by atoms with Crippen molar-refractivity contribution in [2.45, 2.75) is 64.3 Å². The topological polar surface area (TPSA) is 58.2 Å². The van der Waals surface area contributed by atoms with Gasteiger partial charge in [-0.2, -0.15) is 0 Å². The minimum atomic E-state index is -2.55. The fraction of sp³-hybridized carbons (Fsp3) is 0.500. The maximum Gasteiger partial charge on any atom is 0.411 e. The zero-order chi connectivity index (χ0) is 21.0. The first-order valence-electron chi connectivity index (χ1n) is 9.13. The lowest BCUT2D eigenvalue weighted by molar-refractivity contribution is 0.0551. The molecule has 2 rings (SSSR count). The molecule has 1 unspecified atom stereocenters. The molecule has 28 heavy (non-hydrogen) atoms. The quantitative estimate of drug-likeness (QED) is 0.592. The molecule has 1 N–H and O–H groups in total. The molecule has 0 fully saturated rings. The van der Waals surface area contributed by atoms with E-state index in [1.54, 1.807) is 17.0 Å². The molecule has 1 amide bonds. The number of imidazole rings is 1. The van der Waals surface area contributed by atoms with Crippen LogP contribution in [-0.4, -0.2) is 39.3 Å². The molecule has 0 radical (unpaired) electrons. The van der Waals surface area contributed by atoms with Crippen molar-refractivity contribution in [3.63, 3.8) is 0 Å². The van der Waals surface area contributed by atoms with Gasteiger partial charge in [0.1, 0.15) is 5.03 Å². The molecule has 1 atom stereocenters. The highest BCUT2D eigenvalue weighted by molar-refractivity contribution is 7.98. The van der Waals surface area contributed by atoms with Gasteiger partial charge < -0.3 is 14.6 Å². The third-order valence-electron chi connectivity index (χ3n) is 4.33. The SMILES string of the molecule is CSc1nc(C(OC(=O)N(C(C)C)C(C)C)c2ccc(C(F)F)cc2)[nH]c1C. The summed E-state index contributed by atoms with van der Waals surface area (Å²) in [6.07, 6.45) is -1.95. The van der Waals surface area contributed by atoms with E-state index >= 15 is 0 Å². The van der Waals surface area contributed by atoms with Gasteiger partial charge in [-0.05, 0) is 40.9 Å². The van der Waals surface area contributed by atoms with Gasteiger partial charge >= 0.3 is 6.09 Å². The Morgan fingerprint density at radius 1 is 1.11 bits per heavy atom. The number of aryl methyl sites for hydroxylation is 1. The number of aromatic nitrogens is 2. The van der Waals surface area contributed by atoms with Gasteiger partial charge in [0.25, 0.3) is 6.43 Å². The van der Waals surface area contributed by atoms with Crippen molar-refractivity contribution >= 4 is 17.9 Å². The number of thioether (sulfide) groups is 1. The number of rotatable bonds is 7. The summed E-state index contributed by atoms with van der Waals surface area (Å²) in [6, 6.07) is 5.68. The molecule has 154 valence electrons. The molecular formula is C20H27F2N3O2S. The average molecular weight is 412 g/mol. The lowest BCUT2D eigenvalue weighted by Gasteiger charge is -2.31. The van der Waals surface area contributed by atoms with Gasteiger partial charge in [0.05, 0.1) is 0 Å². The summed E-state index contributed by atoms with van der Waals surface area (Å²) < 4.78 is 31.6. The number of nitrogens with one attached hydrogen (secondary N) is 1. The summed E-state index contributed by atoms with van der Waals surface area (Å²) in [5.41, 5.74) is 1.35. The number of alkyl halides is 2. The van der Waals surface area contributed by atoms with E-state index in [1.807, 2.05) is 40.9 Å². The third kappa shape index (κ3) is 5.04. The van der Waals surface area contributed by atoms with Gasteiger partial charge in [0.2, 0.25) is 0 Å².